The van der Waals surface area contributed by atoms with Crippen molar-refractivity contribution in [3.05, 3.63) is 108 Å². The summed E-state index contributed by atoms with van der Waals surface area (Å²) in [5.41, 5.74) is 3.56. The Labute approximate surface area is 137 Å². The number of hydrogen-bond acceptors (Lipinski definition) is 1. The molecule has 3 aromatic carbocycles. The van der Waals surface area contributed by atoms with Gasteiger partial charge < -0.3 is 0 Å². The summed E-state index contributed by atoms with van der Waals surface area (Å²) >= 11 is 0. The van der Waals surface area contributed by atoms with Gasteiger partial charge in [0.1, 0.15) is 0 Å². The number of nitriles is 1. The third-order valence-corrected chi connectivity index (χ3v) is 4.23. The van der Waals surface area contributed by atoms with Crippen LogP contribution in [0.3, 0.4) is 0 Å². The van der Waals surface area contributed by atoms with Gasteiger partial charge in [0.25, 0.3) is 0 Å². The Bertz CT molecular complexity index is 757. The lowest BCUT2D eigenvalue weighted by Crippen LogP contribution is -2.13. The van der Waals surface area contributed by atoms with Crippen LogP contribution in [0, 0.1) is 11.3 Å². The quantitative estimate of drug-likeness (QED) is 0.625. The van der Waals surface area contributed by atoms with Gasteiger partial charge in [-0.15, -0.1) is 0 Å². The van der Waals surface area contributed by atoms with Crippen LogP contribution in [0.15, 0.2) is 91.0 Å². The van der Waals surface area contributed by atoms with Crippen molar-refractivity contribution in [1.29, 1.82) is 5.26 Å². The van der Waals surface area contributed by atoms with Gasteiger partial charge in [0.05, 0.1) is 12.0 Å². The summed E-state index contributed by atoms with van der Waals surface area (Å²) in [6.07, 6.45) is 0.859. The molecule has 3 aromatic rings. The Morgan fingerprint density at radius 1 is 0.652 bits per heavy atom. The molecule has 0 heterocycles. The van der Waals surface area contributed by atoms with Crippen molar-refractivity contribution in [2.24, 2.45) is 0 Å². The van der Waals surface area contributed by atoms with Crippen LogP contribution in [0.1, 0.15) is 28.5 Å². The molecule has 0 aromatic heterocycles. The lowest BCUT2D eigenvalue weighted by Gasteiger charge is -2.23. The summed E-state index contributed by atoms with van der Waals surface area (Å²) in [6.45, 7) is 0. The van der Waals surface area contributed by atoms with Gasteiger partial charge in [0.15, 0.2) is 0 Å². The van der Waals surface area contributed by atoms with Crippen LogP contribution in [0.5, 0.6) is 0 Å². The molecule has 0 spiro atoms. The first-order valence-corrected chi connectivity index (χ1v) is 7.92. The molecule has 0 bridgehead atoms. The highest BCUT2D eigenvalue weighted by molar-refractivity contribution is 5.35. The van der Waals surface area contributed by atoms with Crippen LogP contribution in [0.4, 0.5) is 0 Å². The van der Waals surface area contributed by atoms with Gasteiger partial charge in [-0.1, -0.05) is 91.0 Å². The monoisotopic (exact) mass is 297 g/mol. The first-order chi connectivity index (χ1) is 11.4. The smallest absolute Gasteiger partial charge is 0.0784 e. The molecule has 3 rings (SSSR count). The Hall–Kier alpha value is -2.85. The van der Waals surface area contributed by atoms with Crippen molar-refractivity contribution in [3.63, 3.8) is 0 Å². The van der Waals surface area contributed by atoms with E-state index in [1.165, 1.54) is 11.1 Å². The highest BCUT2D eigenvalue weighted by atomic mass is 14.3. The summed E-state index contributed by atoms with van der Waals surface area (Å²) in [4.78, 5) is 0. The van der Waals surface area contributed by atoms with Crippen LogP contribution < -0.4 is 0 Å². The van der Waals surface area contributed by atoms with E-state index in [-0.39, 0.29) is 11.8 Å². The van der Waals surface area contributed by atoms with Crippen molar-refractivity contribution < 1.29 is 0 Å². The van der Waals surface area contributed by atoms with Crippen molar-refractivity contribution in [2.45, 2.75) is 18.3 Å². The van der Waals surface area contributed by atoms with Crippen molar-refractivity contribution in [3.8, 4) is 6.07 Å². The van der Waals surface area contributed by atoms with E-state index in [9.17, 15) is 5.26 Å². The van der Waals surface area contributed by atoms with E-state index in [0.29, 0.717) is 0 Å². The summed E-state index contributed by atoms with van der Waals surface area (Å²) in [6, 6.07) is 33.4. The molecule has 0 radical (unpaired) electrons. The van der Waals surface area contributed by atoms with Crippen LogP contribution in [-0.2, 0) is 6.42 Å². The molecule has 112 valence electrons. The molecule has 1 heteroatoms. The van der Waals surface area contributed by atoms with Gasteiger partial charge in [-0.3, -0.25) is 0 Å². The second-order valence-corrected chi connectivity index (χ2v) is 5.72. The normalized spacial score (nSPS) is 13.0. The molecular formula is C22H19N. The summed E-state index contributed by atoms with van der Waals surface area (Å²) in [5.74, 6) is -0.00944. The minimum Gasteiger partial charge on any atom is -0.198 e. The van der Waals surface area contributed by atoms with Gasteiger partial charge in [-0.25, -0.2) is 0 Å². The molecule has 0 aliphatic rings. The SMILES string of the molecule is N#C[C@H](c1ccccc1)[C@@H](Cc1ccccc1)c1ccccc1. The van der Waals surface area contributed by atoms with Crippen LogP contribution >= 0.6 is 0 Å². The van der Waals surface area contributed by atoms with E-state index in [1.54, 1.807) is 0 Å². The fourth-order valence-corrected chi connectivity index (χ4v) is 3.05. The standard InChI is InChI=1S/C22H19N/c23-17-22(20-14-8-3-9-15-20)21(19-12-6-2-7-13-19)16-18-10-4-1-5-11-18/h1-15,21-22H,16H2/t21-,22+/m0/s1. The molecule has 0 saturated carbocycles. The number of benzene rings is 3. The molecule has 0 N–H and O–H groups in total. The second-order valence-electron chi connectivity index (χ2n) is 5.72. The molecule has 0 unspecified atom stereocenters. The summed E-state index contributed by atoms with van der Waals surface area (Å²) in [7, 11) is 0. The lowest BCUT2D eigenvalue weighted by molar-refractivity contribution is 0.623. The first kappa shape index (κ1) is 15.1. The first-order valence-electron chi connectivity index (χ1n) is 7.92. The predicted molar refractivity (Wildman–Crippen MR) is 94.1 cm³/mol. The second kappa shape index (κ2) is 7.42. The number of rotatable bonds is 5. The summed E-state index contributed by atoms with van der Waals surface area (Å²) in [5, 5.41) is 9.84. The average molecular weight is 297 g/mol. The maximum absolute atomic E-state index is 9.84. The van der Waals surface area contributed by atoms with E-state index >= 15 is 0 Å². The van der Waals surface area contributed by atoms with E-state index in [2.05, 4.69) is 54.6 Å². The van der Waals surface area contributed by atoms with Gasteiger partial charge >= 0.3 is 0 Å². The predicted octanol–water partition coefficient (Wildman–Crippen LogP) is 5.32. The molecule has 23 heavy (non-hydrogen) atoms. The minimum atomic E-state index is -0.154. The molecular weight excluding hydrogens is 278 g/mol. The van der Waals surface area contributed by atoms with Crippen LogP contribution in [-0.4, -0.2) is 0 Å². The van der Waals surface area contributed by atoms with Crippen LogP contribution in [0.2, 0.25) is 0 Å². The zero-order valence-electron chi connectivity index (χ0n) is 13.0. The molecule has 0 saturated heterocycles. The Kier molecular flexibility index (Phi) is 4.86. The van der Waals surface area contributed by atoms with Gasteiger partial charge in [0, 0.05) is 5.92 Å². The highest BCUT2D eigenvalue weighted by Crippen LogP contribution is 2.35. The van der Waals surface area contributed by atoms with E-state index < -0.39 is 0 Å². The molecule has 0 fully saturated rings. The maximum atomic E-state index is 9.84. The molecule has 0 amide bonds. The Morgan fingerprint density at radius 2 is 1.13 bits per heavy atom. The third kappa shape index (κ3) is 3.67. The Balaban J connectivity index is 1.99. The zero-order valence-corrected chi connectivity index (χ0v) is 13.0. The molecule has 0 aliphatic heterocycles. The fourth-order valence-electron chi connectivity index (χ4n) is 3.05. The Morgan fingerprint density at radius 3 is 1.65 bits per heavy atom. The third-order valence-electron chi connectivity index (χ3n) is 4.23. The van der Waals surface area contributed by atoms with E-state index in [0.717, 1.165) is 12.0 Å². The van der Waals surface area contributed by atoms with Crippen molar-refractivity contribution in [1.82, 2.24) is 0 Å². The largest absolute Gasteiger partial charge is 0.198 e. The van der Waals surface area contributed by atoms with Crippen LogP contribution in [0.25, 0.3) is 0 Å². The van der Waals surface area contributed by atoms with Gasteiger partial charge in [-0.05, 0) is 23.1 Å². The average Bonchev–Trinajstić information content (AvgIpc) is 2.64. The molecule has 2 atom stereocenters. The van der Waals surface area contributed by atoms with E-state index in [4.69, 9.17) is 0 Å². The van der Waals surface area contributed by atoms with Crippen molar-refractivity contribution in [2.75, 3.05) is 0 Å². The van der Waals surface area contributed by atoms with Gasteiger partial charge in [0.2, 0.25) is 0 Å². The van der Waals surface area contributed by atoms with Gasteiger partial charge in [-0.2, -0.15) is 5.26 Å². The fraction of sp³-hybridized carbons (Fsp3) is 0.136. The molecule has 0 aliphatic carbocycles. The number of hydrogen-bond donors (Lipinski definition) is 0. The van der Waals surface area contributed by atoms with E-state index in [1.807, 2.05) is 42.5 Å². The lowest BCUT2D eigenvalue weighted by atomic mass is 9.79. The molecule has 1 nitrogen and oxygen atoms in total. The summed E-state index contributed by atoms with van der Waals surface area (Å²) < 4.78 is 0. The minimum absolute atomic E-state index is 0.144. The number of nitrogens with zero attached hydrogens (tertiary/aromatic N) is 1. The highest BCUT2D eigenvalue weighted by Gasteiger charge is 2.24. The topological polar surface area (TPSA) is 23.8 Å². The zero-order chi connectivity index (χ0) is 15.9. The van der Waals surface area contributed by atoms with Crippen molar-refractivity contribution >= 4 is 0 Å². The maximum Gasteiger partial charge on any atom is 0.0784 e.